The predicted octanol–water partition coefficient (Wildman–Crippen LogP) is 5.44. The molecular weight excluding hydrogens is 1300 g/mol. The molecule has 0 bridgehead atoms. The molecule has 4 aromatic carbocycles. The van der Waals surface area contributed by atoms with Crippen LogP contribution in [0.3, 0.4) is 0 Å². The van der Waals surface area contributed by atoms with Gasteiger partial charge < -0.3 is 77.0 Å². The quantitative estimate of drug-likeness (QED) is 0.0204. The number of fused-ring (bicyclic) bond motifs is 1. The number of benzene rings is 4. The number of urea groups is 1. The van der Waals surface area contributed by atoms with E-state index in [9.17, 15) is 47.9 Å². The molecule has 90 heavy (non-hydrogen) atoms. The molecule has 2 saturated heterocycles. The number of rotatable bonds is 20. The summed E-state index contributed by atoms with van der Waals surface area (Å²) in [6.07, 6.45) is 4.58. The third kappa shape index (κ3) is 21.8. The molecule has 2 aromatic heterocycles. The van der Waals surface area contributed by atoms with Gasteiger partial charge in [0.15, 0.2) is 17.3 Å². The third-order valence-corrected chi connectivity index (χ3v) is 14.4. The Balaban J connectivity index is 0.000000411. The molecule has 2 aliphatic rings. The number of hydrogen-bond acceptors (Lipinski definition) is 16. The van der Waals surface area contributed by atoms with Gasteiger partial charge >= 0.3 is 87.0 Å². The Hall–Kier alpha value is -8.26. The Morgan fingerprint density at radius 2 is 1.38 bits per heavy atom. The standard InChI is InChI=1S/C40H40FN8O5S.C17H19N3O6.C4H10N2O.CH3.Cs/c1-5-34(51)44-29-15-11-27(12-16-29)38(52)46-31-8-6-7-30(21-31)45-37-35(41)39(47-36-33(24(2)3)22-42-49(36)37)55-32-17-19-48(20-18-32)40(53)54-23-26-9-13-28(14-10-26)43-25(4)50;1-9(2)14(15(18)23)19-16(24)10-3-5-11(6-4-10)17(25)26-20-12(21)7-8-13(20)22;1-2-3-6-4(5)7;;/h5-16,21-22,24,32,45H,1,4,17-20,23H2,2-3H3,(H,43,50)(H,44,51)(H,46,52);3-6,9,14H,7-8H2,1-2H3,(H2,18,23)(H,19,24);2-3H2,1H3,(H3,5,6,7);1H3;/q-1;;;-1;+1. The van der Waals surface area contributed by atoms with Crippen molar-refractivity contribution in [3.8, 4) is 0 Å². The second-order valence-corrected chi connectivity index (χ2v) is 21.8. The van der Waals surface area contributed by atoms with E-state index in [4.69, 9.17) is 26.0 Å². The average molecular weight is 1380 g/mol. The first-order valence-electron chi connectivity index (χ1n) is 27.9. The number of anilines is 5. The van der Waals surface area contributed by atoms with Crippen LogP contribution in [-0.4, -0.2) is 115 Å². The number of imide groups is 1. The molecule has 10 N–H and O–H groups in total. The van der Waals surface area contributed by atoms with E-state index in [2.05, 4.69) is 50.5 Å². The van der Waals surface area contributed by atoms with Crippen LogP contribution in [0.1, 0.15) is 115 Å². The van der Waals surface area contributed by atoms with Gasteiger partial charge in [-0.05, 0) is 122 Å². The van der Waals surface area contributed by atoms with Crippen LogP contribution in [0.15, 0.2) is 121 Å². The largest absolute Gasteiger partial charge is 1.00 e. The molecule has 28 heteroatoms. The molecule has 0 saturated carbocycles. The van der Waals surface area contributed by atoms with Gasteiger partial charge in [0.25, 0.3) is 23.6 Å². The fourth-order valence-corrected chi connectivity index (χ4v) is 9.56. The molecule has 0 radical (unpaired) electrons. The zero-order valence-corrected chi connectivity index (χ0v) is 58.2. The number of ether oxygens (including phenoxy) is 1. The molecule has 0 aliphatic carbocycles. The fraction of sp³-hybridized carbons (Fsp3) is 0.290. The number of carbonyl (C=O) groups excluding carboxylic acids is 10. The van der Waals surface area contributed by atoms with Crippen LogP contribution in [-0.2, 0) is 40.2 Å². The Bertz CT molecular complexity index is 3530. The molecule has 4 heterocycles. The van der Waals surface area contributed by atoms with Crippen molar-refractivity contribution in [3.05, 3.63) is 164 Å². The average Bonchev–Trinajstić information content (AvgIpc) is 1.81. The summed E-state index contributed by atoms with van der Waals surface area (Å²) in [6.45, 7) is 17.9. The number of piperidine rings is 1. The van der Waals surface area contributed by atoms with Crippen molar-refractivity contribution in [1.82, 2.24) is 35.2 Å². The Labute approximate surface area is 583 Å². The van der Waals surface area contributed by atoms with Crippen molar-refractivity contribution in [2.75, 3.05) is 40.9 Å². The zero-order valence-electron chi connectivity index (χ0n) is 51.1. The van der Waals surface area contributed by atoms with Crippen LogP contribution in [0, 0.1) is 26.1 Å². The van der Waals surface area contributed by atoms with Gasteiger partial charge in [-0.25, -0.2) is 19.4 Å². The first-order valence-corrected chi connectivity index (χ1v) is 28.7. The van der Waals surface area contributed by atoms with Gasteiger partial charge in [0.05, 0.1) is 17.7 Å². The molecule has 0 spiro atoms. The van der Waals surface area contributed by atoms with Gasteiger partial charge in [0.1, 0.15) is 17.7 Å². The van der Waals surface area contributed by atoms with E-state index in [-0.39, 0.29) is 147 Å². The monoisotopic (exact) mass is 1370 g/mol. The number of hydrogen-bond donors (Lipinski definition) is 8. The summed E-state index contributed by atoms with van der Waals surface area (Å²) >= 11 is 1.33. The number of nitrogens with two attached hydrogens (primary N) is 2. The number of thioether (sulfide) groups is 1. The number of nitrogens with one attached hydrogen (secondary N) is 6. The molecule has 2 fully saturated rings. The van der Waals surface area contributed by atoms with Crippen LogP contribution >= 0.6 is 11.8 Å². The van der Waals surface area contributed by atoms with Gasteiger partial charge in [0.2, 0.25) is 11.8 Å². The van der Waals surface area contributed by atoms with Crippen molar-refractivity contribution < 1.29 is 131 Å². The van der Waals surface area contributed by atoms with Gasteiger partial charge in [-0.15, -0.1) is 5.06 Å². The van der Waals surface area contributed by atoms with Gasteiger partial charge in [-0.3, -0.25) is 28.8 Å². The summed E-state index contributed by atoms with van der Waals surface area (Å²) in [5.41, 5.74) is 14.9. The molecule has 8 rings (SSSR count). The van der Waals surface area contributed by atoms with E-state index in [1.165, 1.54) is 40.5 Å². The van der Waals surface area contributed by atoms with Crippen LogP contribution in [0.25, 0.3) is 5.65 Å². The van der Waals surface area contributed by atoms with Crippen LogP contribution in [0.4, 0.5) is 42.5 Å². The first kappa shape index (κ1) is 74.2. The van der Waals surface area contributed by atoms with Crippen LogP contribution in [0.2, 0.25) is 0 Å². The predicted molar refractivity (Wildman–Crippen MR) is 334 cm³/mol. The van der Waals surface area contributed by atoms with Crippen molar-refractivity contribution in [2.45, 2.75) is 95.6 Å². The number of aromatic nitrogens is 3. The summed E-state index contributed by atoms with van der Waals surface area (Å²) in [7, 11) is 0. The number of nitrogens with zero attached hydrogens (tertiary/aromatic N) is 5. The van der Waals surface area contributed by atoms with Crippen molar-refractivity contribution >= 4 is 105 Å². The smallest absolute Gasteiger partial charge is 0.445 e. The summed E-state index contributed by atoms with van der Waals surface area (Å²) in [4.78, 5) is 128. The number of amides is 10. The van der Waals surface area contributed by atoms with Gasteiger partial charge in [-0.2, -0.15) is 14.0 Å². The minimum atomic E-state index is -0.891. The third-order valence-electron chi connectivity index (χ3n) is 13.1. The minimum absolute atomic E-state index is 0. The number of primary amides is 2. The molecule has 1 unspecified atom stereocenters. The van der Waals surface area contributed by atoms with E-state index in [0.29, 0.717) is 71.5 Å². The van der Waals surface area contributed by atoms with Gasteiger partial charge in [0, 0.05) is 77.2 Å². The second-order valence-electron chi connectivity index (χ2n) is 20.5. The molecule has 10 amide bonds. The van der Waals surface area contributed by atoms with Gasteiger partial charge in [-0.1, -0.05) is 71.2 Å². The van der Waals surface area contributed by atoms with E-state index in [0.717, 1.165) is 23.6 Å². The number of halogens is 1. The zero-order chi connectivity index (χ0) is 64.2. The Morgan fingerprint density at radius 1 is 0.800 bits per heavy atom. The van der Waals surface area contributed by atoms with Crippen molar-refractivity contribution in [1.29, 1.82) is 0 Å². The molecule has 1 atom stereocenters. The maximum atomic E-state index is 16.5. The van der Waals surface area contributed by atoms with Crippen LogP contribution in [0.5, 0.6) is 0 Å². The SMILES string of the molecule is C=CC(=O)Nc1ccc(C(=O)Nc2cccc(Nc3c(F)c(SC4CCN(C(=O)OCc5ccc(NC([CH2-])=O)cc5)CC4)nc4c(C(C)C)cnn34)c2)cc1.CC(C)C(NC(=O)c1ccc(C(=O)ON2C(=O)CCC2=O)cc1)C(N)=O.CCCNC(N)=O.[CH3-].[Cs+]. The summed E-state index contributed by atoms with van der Waals surface area (Å²) in [5, 5.41) is 21.4. The second kappa shape index (κ2) is 35.8. The van der Waals surface area contributed by atoms with Crippen molar-refractivity contribution in [3.63, 3.8) is 0 Å². The fourth-order valence-electron chi connectivity index (χ4n) is 8.46. The molecule has 2 aliphatic heterocycles. The van der Waals surface area contributed by atoms with Crippen molar-refractivity contribution in [2.24, 2.45) is 17.4 Å². The number of hydroxylamine groups is 2. The molecule has 472 valence electrons. The van der Waals surface area contributed by atoms with E-state index < -0.39 is 59.5 Å². The number of carbonyl (C=O) groups is 10. The number of likely N-dealkylation sites (tertiary alicyclic amines) is 1. The maximum absolute atomic E-state index is 16.5. The van der Waals surface area contributed by atoms with E-state index in [1.54, 1.807) is 97.7 Å². The Morgan fingerprint density at radius 3 is 1.93 bits per heavy atom. The summed E-state index contributed by atoms with van der Waals surface area (Å²) < 4.78 is 23.4. The normalized spacial score (nSPS) is 12.9. The molecule has 25 nitrogen and oxygen atoms in total. The topological polar surface area (TPSA) is 350 Å². The molecular formula is C62H72CsFN13O12S-. The molecule has 6 aromatic rings. The minimum Gasteiger partial charge on any atom is -0.445 e. The maximum Gasteiger partial charge on any atom is 1.00 e. The summed E-state index contributed by atoms with van der Waals surface area (Å²) in [6, 6.07) is 24.4. The van der Waals surface area contributed by atoms with Crippen LogP contribution < -0.4 is 112 Å². The first-order chi connectivity index (χ1) is 41.9. The van der Waals surface area contributed by atoms with E-state index >= 15 is 4.39 Å². The summed E-state index contributed by atoms with van der Waals surface area (Å²) in [5.74, 6) is -4.92. The Kier molecular flexibility index (Phi) is 29.5. The van der Waals surface area contributed by atoms with E-state index in [1.807, 2.05) is 20.8 Å².